The lowest BCUT2D eigenvalue weighted by atomic mass is 10.1. The number of aryl methyl sites for hydroxylation is 1. The van der Waals surface area contributed by atoms with Gasteiger partial charge in [-0.25, -0.2) is 4.68 Å². The summed E-state index contributed by atoms with van der Waals surface area (Å²) < 4.78 is 1.30. The Labute approximate surface area is 67.7 Å². The maximum Gasteiger partial charge on any atom is 0.208 e. The van der Waals surface area contributed by atoms with Crippen molar-refractivity contribution in [3.05, 3.63) is 23.5 Å². The molecule has 1 aliphatic carbocycles. The van der Waals surface area contributed by atoms with Crippen molar-refractivity contribution >= 4 is 11.6 Å². The van der Waals surface area contributed by atoms with Crippen LogP contribution in [0.3, 0.4) is 0 Å². The van der Waals surface area contributed by atoms with Gasteiger partial charge in [0, 0.05) is 7.05 Å². The maximum absolute atomic E-state index is 11.2. The van der Waals surface area contributed by atoms with Crippen LogP contribution in [0.5, 0.6) is 0 Å². The first-order valence-electron chi connectivity index (χ1n) is 3.36. The number of fused-ring (bicyclic) bond motifs is 1. The number of nitrogens with zero attached hydrogens (tertiary/aromatic N) is 3. The van der Waals surface area contributed by atoms with Crippen LogP contribution in [0.4, 0.5) is 0 Å². The largest absolute Gasteiger partial charge is 0.287 e. The zero-order valence-corrected chi connectivity index (χ0v) is 6.31. The summed E-state index contributed by atoms with van der Waals surface area (Å²) in [5.41, 5.74) is 0.410. The van der Waals surface area contributed by atoms with Crippen LogP contribution in [0.1, 0.15) is 21.0 Å². The number of ketones is 2. The maximum atomic E-state index is 11.2. The summed E-state index contributed by atoms with van der Waals surface area (Å²) >= 11 is 0. The molecule has 0 fully saturated rings. The molecule has 0 atom stereocenters. The van der Waals surface area contributed by atoms with Gasteiger partial charge in [-0.05, 0) is 12.2 Å². The fraction of sp³-hybridized carbons (Fsp3) is 0.143. The van der Waals surface area contributed by atoms with E-state index in [9.17, 15) is 9.59 Å². The molecule has 0 amide bonds. The van der Waals surface area contributed by atoms with Crippen molar-refractivity contribution in [2.45, 2.75) is 0 Å². The normalized spacial score (nSPS) is 15.1. The van der Waals surface area contributed by atoms with E-state index in [4.69, 9.17) is 0 Å². The molecule has 1 aliphatic rings. The van der Waals surface area contributed by atoms with Crippen molar-refractivity contribution in [3.63, 3.8) is 0 Å². The van der Waals surface area contributed by atoms with Crippen molar-refractivity contribution in [1.82, 2.24) is 15.0 Å². The van der Waals surface area contributed by atoms with E-state index in [1.54, 1.807) is 7.05 Å². The van der Waals surface area contributed by atoms with Gasteiger partial charge in [-0.3, -0.25) is 9.59 Å². The van der Waals surface area contributed by atoms with Crippen LogP contribution in [0.15, 0.2) is 12.2 Å². The molecule has 0 bridgehead atoms. The molecule has 1 aromatic heterocycles. The molecule has 0 spiro atoms. The molecular formula is C7H5N3O2. The Bertz CT molecular complexity index is 403. The number of allylic oxidation sites excluding steroid dienone is 2. The predicted molar refractivity (Wildman–Crippen MR) is 38.8 cm³/mol. The average Bonchev–Trinajstić information content (AvgIpc) is 2.42. The Morgan fingerprint density at radius 1 is 1.25 bits per heavy atom. The number of hydrogen-bond acceptors (Lipinski definition) is 4. The lowest BCUT2D eigenvalue weighted by Gasteiger charge is -2.01. The number of hydrogen-bond donors (Lipinski definition) is 0. The molecule has 0 unspecified atom stereocenters. The van der Waals surface area contributed by atoms with E-state index in [0.29, 0.717) is 0 Å². The Kier molecular flexibility index (Phi) is 1.21. The van der Waals surface area contributed by atoms with Crippen LogP contribution in [0.2, 0.25) is 0 Å². The first-order chi connectivity index (χ1) is 5.70. The lowest BCUT2D eigenvalue weighted by Crippen LogP contribution is -2.14. The minimum atomic E-state index is -0.266. The van der Waals surface area contributed by atoms with Crippen LogP contribution in [-0.2, 0) is 7.05 Å². The molecule has 0 aromatic carbocycles. The third kappa shape index (κ3) is 0.730. The third-order valence-electron chi connectivity index (χ3n) is 1.68. The molecule has 12 heavy (non-hydrogen) atoms. The van der Waals surface area contributed by atoms with E-state index in [1.165, 1.54) is 16.8 Å². The van der Waals surface area contributed by atoms with Gasteiger partial charge in [0.1, 0.15) is 5.69 Å². The van der Waals surface area contributed by atoms with Crippen LogP contribution in [0, 0.1) is 0 Å². The second kappa shape index (κ2) is 2.10. The minimum Gasteiger partial charge on any atom is -0.287 e. The monoisotopic (exact) mass is 163 g/mol. The Balaban J connectivity index is 2.72. The first-order valence-corrected chi connectivity index (χ1v) is 3.36. The molecule has 60 valence electrons. The van der Waals surface area contributed by atoms with Crippen LogP contribution >= 0.6 is 0 Å². The summed E-state index contributed by atoms with van der Waals surface area (Å²) in [5, 5.41) is 7.16. The summed E-state index contributed by atoms with van der Waals surface area (Å²) in [7, 11) is 1.58. The summed E-state index contributed by atoms with van der Waals surface area (Å²) in [6, 6.07) is 0. The van der Waals surface area contributed by atoms with Gasteiger partial charge in [-0.2, -0.15) is 0 Å². The van der Waals surface area contributed by atoms with Gasteiger partial charge in [0.05, 0.1) is 0 Å². The zero-order valence-electron chi connectivity index (χ0n) is 6.31. The van der Waals surface area contributed by atoms with Crippen molar-refractivity contribution in [2.24, 2.45) is 7.05 Å². The molecule has 0 N–H and O–H groups in total. The first kappa shape index (κ1) is 6.90. The van der Waals surface area contributed by atoms with Gasteiger partial charge in [0.25, 0.3) is 0 Å². The lowest BCUT2D eigenvalue weighted by molar-refractivity contribution is 0.0986. The smallest absolute Gasteiger partial charge is 0.208 e. The van der Waals surface area contributed by atoms with E-state index >= 15 is 0 Å². The second-order valence-electron chi connectivity index (χ2n) is 2.47. The number of carbonyl (C=O) groups excluding carboxylic acids is 2. The number of rotatable bonds is 0. The predicted octanol–water partition coefficient (Wildman–Crippen LogP) is -0.250. The minimum absolute atomic E-state index is 0.144. The van der Waals surface area contributed by atoms with Crippen LogP contribution in [-0.4, -0.2) is 26.6 Å². The average molecular weight is 163 g/mol. The van der Waals surface area contributed by atoms with Crippen LogP contribution in [0.25, 0.3) is 0 Å². The topological polar surface area (TPSA) is 64.8 Å². The molecule has 0 saturated heterocycles. The highest BCUT2D eigenvalue weighted by molar-refractivity contribution is 6.20. The van der Waals surface area contributed by atoms with Gasteiger partial charge < -0.3 is 0 Å². The molecule has 5 heteroatoms. The van der Waals surface area contributed by atoms with E-state index in [2.05, 4.69) is 10.3 Å². The fourth-order valence-electron chi connectivity index (χ4n) is 1.11. The molecule has 2 rings (SSSR count). The molecule has 0 radical (unpaired) electrons. The van der Waals surface area contributed by atoms with Crippen molar-refractivity contribution in [1.29, 1.82) is 0 Å². The molecule has 5 nitrogen and oxygen atoms in total. The van der Waals surface area contributed by atoms with Crippen molar-refractivity contribution in [2.75, 3.05) is 0 Å². The highest BCUT2D eigenvalue weighted by atomic mass is 16.1. The Morgan fingerprint density at radius 3 is 2.58 bits per heavy atom. The Hall–Kier alpha value is -1.78. The fourth-order valence-corrected chi connectivity index (χ4v) is 1.11. The molecule has 1 aromatic rings. The quantitative estimate of drug-likeness (QED) is 0.529. The summed E-state index contributed by atoms with van der Waals surface area (Å²) in [6.07, 6.45) is 2.44. The number of carbonyl (C=O) groups is 2. The molecule has 1 heterocycles. The summed E-state index contributed by atoms with van der Waals surface area (Å²) in [5.74, 6) is -0.491. The van der Waals surface area contributed by atoms with Gasteiger partial charge >= 0.3 is 0 Å². The van der Waals surface area contributed by atoms with E-state index in [0.717, 1.165) is 0 Å². The second-order valence-corrected chi connectivity index (χ2v) is 2.47. The summed E-state index contributed by atoms with van der Waals surface area (Å²) in [4.78, 5) is 22.3. The van der Waals surface area contributed by atoms with Gasteiger partial charge in [0.2, 0.25) is 11.6 Å². The van der Waals surface area contributed by atoms with E-state index < -0.39 is 0 Å². The SMILES string of the molecule is Cn1nnc2c1C(=O)C=CC2=O. The standard InChI is InChI=1S/C7H5N3O2/c1-10-7-5(12)3-2-4(11)6(7)8-9-10/h2-3H,1H3. The van der Waals surface area contributed by atoms with Crippen molar-refractivity contribution in [3.8, 4) is 0 Å². The summed E-state index contributed by atoms with van der Waals surface area (Å²) in [6.45, 7) is 0. The van der Waals surface area contributed by atoms with Gasteiger partial charge in [0.15, 0.2) is 5.69 Å². The zero-order chi connectivity index (χ0) is 8.72. The third-order valence-corrected chi connectivity index (χ3v) is 1.68. The van der Waals surface area contributed by atoms with Crippen LogP contribution < -0.4 is 0 Å². The number of aromatic nitrogens is 3. The molecule has 0 aliphatic heterocycles. The molecule has 0 saturated carbocycles. The highest BCUT2D eigenvalue weighted by Gasteiger charge is 2.24. The van der Waals surface area contributed by atoms with Crippen molar-refractivity contribution < 1.29 is 9.59 Å². The molecular weight excluding hydrogens is 158 g/mol. The van der Waals surface area contributed by atoms with Gasteiger partial charge in [-0.1, -0.05) is 5.21 Å². The van der Waals surface area contributed by atoms with E-state index in [1.807, 2.05) is 0 Å². The van der Waals surface area contributed by atoms with E-state index in [-0.39, 0.29) is 23.0 Å². The van der Waals surface area contributed by atoms with Gasteiger partial charge in [-0.15, -0.1) is 5.10 Å². The Morgan fingerprint density at radius 2 is 1.92 bits per heavy atom. The highest BCUT2D eigenvalue weighted by Crippen LogP contribution is 2.12.